The van der Waals surface area contributed by atoms with Gasteiger partial charge in [-0.2, -0.15) is 0 Å². The van der Waals surface area contributed by atoms with Gasteiger partial charge in [-0.3, -0.25) is 0 Å². The third kappa shape index (κ3) is 17.0. The zero-order valence-electron chi connectivity index (χ0n) is 11.3. The zero-order chi connectivity index (χ0) is 11.4. The van der Waals surface area contributed by atoms with Gasteiger partial charge in [0.1, 0.15) is 0 Å². The van der Waals surface area contributed by atoms with Gasteiger partial charge < -0.3 is 9.47 Å². The smallest absolute Gasteiger partial charge is 0.0703 e. The van der Waals surface area contributed by atoms with Gasteiger partial charge in [-0.1, -0.05) is 39.0 Å². The molecule has 3 heteroatoms. The van der Waals surface area contributed by atoms with Crippen molar-refractivity contribution < 1.29 is 31.2 Å². The third-order valence-corrected chi connectivity index (χ3v) is 2.32. The molecule has 0 spiro atoms. The van der Waals surface area contributed by atoms with Crippen molar-refractivity contribution in [2.24, 2.45) is 0 Å². The Morgan fingerprint density at radius 3 is 2.06 bits per heavy atom. The molecule has 0 aromatic carbocycles. The number of ether oxygens (including phenoxy) is 2. The topological polar surface area (TPSA) is 18.5 Å². The molecule has 0 bridgehead atoms. The fourth-order valence-electron chi connectivity index (χ4n) is 1.43. The van der Waals surface area contributed by atoms with Crippen LogP contribution in [0.2, 0.25) is 0 Å². The van der Waals surface area contributed by atoms with E-state index in [1.54, 1.807) is 0 Å². The number of rotatable bonds is 11. The van der Waals surface area contributed by atoms with Crippen LogP contribution in [0.25, 0.3) is 0 Å². The van der Waals surface area contributed by atoms with Crippen molar-refractivity contribution in [3.05, 3.63) is 0 Å². The van der Waals surface area contributed by atoms with Crippen LogP contribution < -0.4 is 0 Å². The van der Waals surface area contributed by atoms with E-state index in [0.717, 1.165) is 19.8 Å². The van der Waals surface area contributed by atoms with Crippen LogP contribution >= 0.6 is 0 Å². The van der Waals surface area contributed by atoms with Crippen molar-refractivity contribution >= 4 is 0 Å². The molecule has 0 aliphatic carbocycles. The monoisotopic (exact) mass is 264 g/mol. The quantitative estimate of drug-likeness (QED) is 0.417. The largest absolute Gasteiger partial charge is 0.379 e. The molecule has 0 unspecified atom stereocenters. The first-order chi connectivity index (χ1) is 7.27. The molecule has 16 heavy (non-hydrogen) atoms. The van der Waals surface area contributed by atoms with E-state index >= 15 is 0 Å². The minimum Gasteiger partial charge on any atom is -0.379 e. The molecule has 0 aliphatic rings. The van der Waals surface area contributed by atoms with Crippen LogP contribution in [-0.4, -0.2) is 25.9 Å². The Balaban J connectivity index is 0. The van der Waals surface area contributed by atoms with Gasteiger partial charge in [0.2, 0.25) is 0 Å². The van der Waals surface area contributed by atoms with Crippen LogP contribution in [0.1, 0.15) is 59.3 Å². The van der Waals surface area contributed by atoms with Crippen LogP contribution in [0.3, 0.4) is 0 Å². The van der Waals surface area contributed by atoms with Crippen LogP contribution in [0.5, 0.6) is 0 Å². The Kier molecular flexibility index (Phi) is 18.6. The molecule has 0 rings (SSSR count). The van der Waals surface area contributed by atoms with Crippen molar-refractivity contribution in [1.82, 2.24) is 0 Å². The Labute approximate surface area is 116 Å². The summed E-state index contributed by atoms with van der Waals surface area (Å²) in [6.45, 7) is 8.72. The van der Waals surface area contributed by atoms with Gasteiger partial charge in [-0.05, 0) is 20.3 Å². The van der Waals surface area contributed by atoms with Crippen molar-refractivity contribution in [1.29, 1.82) is 0 Å². The summed E-state index contributed by atoms with van der Waals surface area (Å²) in [4.78, 5) is 0. The summed E-state index contributed by atoms with van der Waals surface area (Å²) >= 11 is 0. The molecule has 0 saturated heterocycles. The molecule has 0 radical (unpaired) electrons. The summed E-state index contributed by atoms with van der Waals surface area (Å²) in [6.07, 6.45) is 8.28. The number of unbranched alkanes of at least 4 members (excludes halogenated alkanes) is 5. The average molecular weight is 264 g/mol. The Morgan fingerprint density at radius 2 is 1.44 bits per heavy atom. The summed E-state index contributed by atoms with van der Waals surface area (Å²) in [7, 11) is 0. The molecule has 0 N–H and O–H groups in total. The predicted octanol–water partition coefficient (Wildman–Crippen LogP) is 3.79. The second-order valence-electron chi connectivity index (χ2n) is 4.30. The normalized spacial score (nSPS) is 10.5. The van der Waals surface area contributed by atoms with Crippen LogP contribution in [0, 0.1) is 0 Å². The number of hydrogen-bond acceptors (Lipinski definition) is 2. The average Bonchev–Trinajstić information content (AvgIpc) is 2.20. The molecule has 0 saturated carbocycles. The second-order valence-corrected chi connectivity index (χ2v) is 4.30. The fraction of sp³-hybridized carbons (Fsp3) is 1.00. The van der Waals surface area contributed by atoms with E-state index in [9.17, 15) is 0 Å². The van der Waals surface area contributed by atoms with Gasteiger partial charge >= 0.3 is 0 Å². The van der Waals surface area contributed by atoms with Crippen molar-refractivity contribution in [2.45, 2.75) is 65.4 Å². The van der Waals surface area contributed by atoms with E-state index in [-0.39, 0.29) is 21.7 Å². The summed E-state index contributed by atoms with van der Waals surface area (Å²) in [5.74, 6) is 0. The molecule has 96 valence electrons. The van der Waals surface area contributed by atoms with E-state index in [0.29, 0.717) is 6.10 Å². The Hall–Kier alpha value is 0.634. The molecule has 0 aromatic rings. The predicted molar refractivity (Wildman–Crippen MR) is 65.3 cm³/mol. The van der Waals surface area contributed by atoms with Gasteiger partial charge in [0.05, 0.1) is 19.3 Å². The van der Waals surface area contributed by atoms with Gasteiger partial charge in [-0.25, -0.2) is 0 Å². The molecule has 0 fully saturated rings. The second kappa shape index (κ2) is 15.6. The molecule has 0 amide bonds. The van der Waals surface area contributed by atoms with Crippen LogP contribution in [0.4, 0.5) is 0 Å². The standard InChI is InChI=1S/C13H28O2.Ti/c1-4-5-6-7-8-9-10-14-11-12-15-13(2)3;/h13H,4-12H2,1-3H3;. The summed E-state index contributed by atoms with van der Waals surface area (Å²) in [5, 5.41) is 0. The molecular weight excluding hydrogens is 236 g/mol. The fourth-order valence-corrected chi connectivity index (χ4v) is 1.43. The minimum atomic E-state index is 0. The van der Waals surface area contributed by atoms with E-state index in [2.05, 4.69) is 6.92 Å². The Morgan fingerprint density at radius 1 is 0.812 bits per heavy atom. The first-order valence-electron chi connectivity index (χ1n) is 6.46. The molecule has 2 nitrogen and oxygen atoms in total. The molecule has 0 aliphatic heterocycles. The van der Waals surface area contributed by atoms with E-state index in [1.165, 1.54) is 38.5 Å². The van der Waals surface area contributed by atoms with E-state index < -0.39 is 0 Å². The first-order valence-corrected chi connectivity index (χ1v) is 6.46. The SMILES string of the molecule is CCCCCCCCOCCOC(C)C.[Ti]. The van der Waals surface area contributed by atoms with Gasteiger partial charge in [0.25, 0.3) is 0 Å². The molecule has 0 heterocycles. The molecule has 0 atom stereocenters. The van der Waals surface area contributed by atoms with Gasteiger partial charge in [0, 0.05) is 28.3 Å². The molecule has 0 aromatic heterocycles. The third-order valence-electron chi connectivity index (χ3n) is 2.32. The van der Waals surface area contributed by atoms with Crippen molar-refractivity contribution in [2.75, 3.05) is 19.8 Å². The van der Waals surface area contributed by atoms with Crippen molar-refractivity contribution in [3.8, 4) is 0 Å². The maximum Gasteiger partial charge on any atom is 0.0703 e. The number of hydrogen-bond donors (Lipinski definition) is 0. The maximum absolute atomic E-state index is 5.47. The Bertz CT molecular complexity index is 119. The summed E-state index contributed by atoms with van der Waals surface area (Å²) < 4.78 is 10.8. The zero-order valence-corrected chi connectivity index (χ0v) is 12.8. The first kappa shape index (κ1) is 19.0. The van der Waals surface area contributed by atoms with Crippen LogP contribution in [-0.2, 0) is 31.2 Å². The minimum absolute atomic E-state index is 0. The summed E-state index contributed by atoms with van der Waals surface area (Å²) in [6, 6.07) is 0. The molecular formula is C13H28O2Ti. The van der Waals surface area contributed by atoms with Gasteiger partial charge in [-0.15, -0.1) is 0 Å². The maximum atomic E-state index is 5.47. The van der Waals surface area contributed by atoms with Crippen LogP contribution in [0.15, 0.2) is 0 Å². The van der Waals surface area contributed by atoms with E-state index in [1.807, 2.05) is 13.8 Å². The van der Waals surface area contributed by atoms with Crippen molar-refractivity contribution in [3.63, 3.8) is 0 Å². The summed E-state index contributed by atoms with van der Waals surface area (Å²) in [5.41, 5.74) is 0. The van der Waals surface area contributed by atoms with E-state index in [4.69, 9.17) is 9.47 Å². The van der Waals surface area contributed by atoms with Gasteiger partial charge in [0.15, 0.2) is 0 Å².